The second-order valence-electron chi connectivity index (χ2n) is 4.59. The summed E-state index contributed by atoms with van der Waals surface area (Å²) in [6.07, 6.45) is 0. The van der Waals surface area contributed by atoms with Crippen molar-refractivity contribution in [3.8, 4) is 6.07 Å². The molecule has 0 aliphatic rings. The molecule has 0 saturated carbocycles. The Hall–Kier alpha value is -2.22. The van der Waals surface area contributed by atoms with Gasteiger partial charge in [0.1, 0.15) is 0 Å². The van der Waals surface area contributed by atoms with Crippen LogP contribution in [0.3, 0.4) is 0 Å². The van der Waals surface area contributed by atoms with E-state index in [4.69, 9.17) is 9.68 Å². The maximum absolute atomic E-state index is 11.0. The molecule has 0 aliphatic heterocycles. The van der Waals surface area contributed by atoms with Crippen LogP contribution >= 0.6 is 0 Å². The normalized spacial score (nSPS) is 12.6. The Kier molecular flexibility index (Phi) is 3.38. The Morgan fingerprint density at radius 2 is 2.28 bits per heavy atom. The highest BCUT2D eigenvalue weighted by Gasteiger charge is 2.12. The molecule has 0 spiro atoms. The Morgan fingerprint density at radius 3 is 2.94 bits per heavy atom. The zero-order chi connectivity index (χ0) is 13.1. The number of anilines is 1. The van der Waals surface area contributed by atoms with Crippen LogP contribution in [0, 0.1) is 23.2 Å². The Bertz CT molecular complexity index is 633. The molecule has 0 radical (unpaired) electrons. The van der Waals surface area contributed by atoms with Crippen molar-refractivity contribution in [1.82, 2.24) is 4.98 Å². The van der Waals surface area contributed by atoms with Gasteiger partial charge in [-0.3, -0.25) is 4.98 Å². The minimum absolute atomic E-state index is 0.0379. The van der Waals surface area contributed by atoms with Gasteiger partial charge in [0.15, 0.2) is 5.58 Å². The quantitative estimate of drug-likeness (QED) is 0.866. The summed E-state index contributed by atoms with van der Waals surface area (Å²) in [5.74, 6) is -0.191. The standard InChI is InChI=1S/C13H15N3O2/c1-8(2)9(6-14)7-15-10-3-4-12-11(5-10)16-13(17)18-12/h3-5,8-9,15H,7H2,1-2H3,(H,16,17). The summed E-state index contributed by atoms with van der Waals surface area (Å²) in [6.45, 7) is 4.63. The summed E-state index contributed by atoms with van der Waals surface area (Å²) in [7, 11) is 0. The summed E-state index contributed by atoms with van der Waals surface area (Å²) < 4.78 is 4.92. The number of H-pyrrole nitrogens is 1. The van der Waals surface area contributed by atoms with E-state index in [1.807, 2.05) is 19.9 Å². The molecule has 0 bridgehead atoms. The van der Waals surface area contributed by atoms with Crippen molar-refractivity contribution in [2.24, 2.45) is 11.8 Å². The smallest absolute Gasteiger partial charge is 0.408 e. The highest BCUT2D eigenvalue weighted by Crippen LogP contribution is 2.17. The average Bonchev–Trinajstić information content (AvgIpc) is 2.68. The molecule has 5 nitrogen and oxygen atoms in total. The number of aromatic amines is 1. The molecule has 0 saturated heterocycles. The van der Waals surface area contributed by atoms with Gasteiger partial charge in [-0.2, -0.15) is 5.26 Å². The van der Waals surface area contributed by atoms with Gasteiger partial charge in [-0.1, -0.05) is 13.8 Å². The maximum atomic E-state index is 11.0. The fourth-order valence-corrected chi connectivity index (χ4v) is 1.72. The molecule has 0 fully saturated rings. The zero-order valence-corrected chi connectivity index (χ0v) is 10.4. The lowest BCUT2D eigenvalue weighted by molar-refractivity contribution is 0.496. The van der Waals surface area contributed by atoms with E-state index in [1.165, 1.54) is 0 Å². The number of nitriles is 1. The van der Waals surface area contributed by atoms with E-state index in [1.54, 1.807) is 12.1 Å². The predicted molar refractivity (Wildman–Crippen MR) is 69.3 cm³/mol. The van der Waals surface area contributed by atoms with E-state index in [0.29, 0.717) is 23.6 Å². The van der Waals surface area contributed by atoms with Gasteiger partial charge in [0.05, 0.1) is 17.5 Å². The van der Waals surface area contributed by atoms with Gasteiger partial charge < -0.3 is 9.73 Å². The number of fused-ring (bicyclic) bond motifs is 1. The summed E-state index contributed by atoms with van der Waals surface area (Å²) in [5.41, 5.74) is 2.05. The molecule has 2 rings (SSSR count). The fraction of sp³-hybridized carbons (Fsp3) is 0.385. The Balaban J connectivity index is 2.12. The van der Waals surface area contributed by atoms with E-state index in [2.05, 4.69) is 16.4 Å². The van der Waals surface area contributed by atoms with Crippen LogP contribution in [-0.2, 0) is 0 Å². The number of hydrogen-bond donors (Lipinski definition) is 2. The molecule has 1 aromatic carbocycles. The SMILES string of the molecule is CC(C)C(C#N)CNc1ccc2oc(=O)[nH]c2c1. The highest BCUT2D eigenvalue weighted by molar-refractivity contribution is 5.76. The van der Waals surface area contributed by atoms with Crippen LogP contribution in [0.2, 0.25) is 0 Å². The first-order valence-corrected chi connectivity index (χ1v) is 5.86. The molecule has 2 N–H and O–H groups in total. The summed E-state index contributed by atoms with van der Waals surface area (Å²) in [4.78, 5) is 13.6. The zero-order valence-electron chi connectivity index (χ0n) is 10.4. The predicted octanol–water partition coefficient (Wildman–Crippen LogP) is 2.33. The summed E-state index contributed by atoms with van der Waals surface area (Å²) in [6, 6.07) is 7.63. The molecular formula is C13H15N3O2. The van der Waals surface area contributed by atoms with Crippen LogP contribution in [0.1, 0.15) is 13.8 Å². The molecule has 1 unspecified atom stereocenters. The third kappa shape index (κ3) is 2.54. The summed E-state index contributed by atoms with van der Waals surface area (Å²) in [5, 5.41) is 12.2. The molecule has 0 aliphatic carbocycles. The first-order chi connectivity index (χ1) is 8.60. The minimum atomic E-state index is -0.459. The number of hydrogen-bond acceptors (Lipinski definition) is 4. The van der Waals surface area contributed by atoms with Crippen molar-refractivity contribution < 1.29 is 4.42 Å². The average molecular weight is 245 g/mol. The lowest BCUT2D eigenvalue weighted by Crippen LogP contribution is -2.17. The molecule has 1 aromatic heterocycles. The van der Waals surface area contributed by atoms with Gasteiger partial charge >= 0.3 is 5.76 Å². The third-order valence-corrected chi connectivity index (χ3v) is 2.92. The van der Waals surface area contributed by atoms with Crippen molar-refractivity contribution >= 4 is 16.8 Å². The molecule has 2 aromatic rings. The van der Waals surface area contributed by atoms with Gasteiger partial charge in [0, 0.05) is 12.2 Å². The monoisotopic (exact) mass is 245 g/mol. The number of oxazole rings is 1. The van der Waals surface area contributed by atoms with Crippen LogP contribution in [0.25, 0.3) is 11.1 Å². The van der Waals surface area contributed by atoms with Gasteiger partial charge in [-0.15, -0.1) is 0 Å². The second-order valence-corrected chi connectivity index (χ2v) is 4.59. The number of nitrogens with zero attached hydrogens (tertiary/aromatic N) is 1. The van der Waals surface area contributed by atoms with Gasteiger partial charge in [0.2, 0.25) is 0 Å². The largest absolute Gasteiger partial charge is 0.417 e. The number of benzene rings is 1. The maximum Gasteiger partial charge on any atom is 0.417 e. The third-order valence-electron chi connectivity index (χ3n) is 2.92. The molecule has 5 heteroatoms. The van der Waals surface area contributed by atoms with Gasteiger partial charge in [-0.25, -0.2) is 4.79 Å². The number of rotatable bonds is 4. The van der Waals surface area contributed by atoms with Crippen LogP contribution < -0.4 is 11.1 Å². The van der Waals surface area contributed by atoms with Crippen molar-refractivity contribution in [2.75, 3.05) is 11.9 Å². The fourth-order valence-electron chi connectivity index (χ4n) is 1.72. The minimum Gasteiger partial charge on any atom is -0.408 e. The molecule has 0 amide bonds. The lowest BCUT2D eigenvalue weighted by Gasteiger charge is -2.14. The Morgan fingerprint density at radius 1 is 1.50 bits per heavy atom. The molecule has 1 heterocycles. The van der Waals surface area contributed by atoms with Crippen LogP contribution in [-0.4, -0.2) is 11.5 Å². The van der Waals surface area contributed by atoms with E-state index < -0.39 is 5.76 Å². The topological polar surface area (TPSA) is 81.8 Å². The summed E-state index contributed by atoms with van der Waals surface area (Å²) >= 11 is 0. The van der Waals surface area contributed by atoms with Crippen molar-refractivity contribution in [1.29, 1.82) is 5.26 Å². The number of nitrogens with one attached hydrogen (secondary N) is 2. The van der Waals surface area contributed by atoms with E-state index in [0.717, 1.165) is 5.69 Å². The second kappa shape index (κ2) is 4.96. The molecule has 18 heavy (non-hydrogen) atoms. The highest BCUT2D eigenvalue weighted by atomic mass is 16.4. The van der Waals surface area contributed by atoms with Crippen LogP contribution in [0.15, 0.2) is 27.4 Å². The van der Waals surface area contributed by atoms with Crippen molar-refractivity contribution in [3.05, 3.63) is 28.7 Å². The van der Waals surface area contributed by atoms with Crippen LogP contribution in [0.5, 0.6) is 0 Å². The molecule has 1 atom stereocenters. The van der Waals surface area contributed by atoms with Gasteiger partial charge in [-0.05, 0) is 24.1 Å². The van der Waals surface area contributed by atoms with E-state index in [-0.39, 0.29) is 5.92 Å². The van der Waals surface area contributed by atoms with Crippen molar-refractivity contribution in [2.45, 2.75) is 13.8 Å². The first-order valence-electron chi connectivity index (χ1n) is 5.86. The lowest BCUT2D eigenvalue weighted by atomic mass is 9.97. The first kappa shape index (κ1) is 12.2. The van der Waals surface area contributed by atoms with Gasteiger partial charge in [0.25, 0.3) is 0 Å². The van der Waals surface area contributed by atoms with E-state index in [9.17, 15) is 4.79 Å². The number of aromatic nitrogens is 1. The van der Waals surface area contributed by atoms with Crippen LogP contribution in [0.4, 0.5) is 5.69 Å². The molecular weight excluding hydrogens is 230 g/mol. The van der Waals surface area contributed by atoms with E-state index >= 15 is 0 Å². The molecule has 94 valence electrons. The van der Waals surface area contributed by atoms with Crippen molar-refractivity contribution in [3.63, 3.8) is 0 Å². The Labute approximate surface area is 104 Å².